The van der Waals surface area contributed by atoms with Crippen molar-refractivity contribution in [1.82, 2.24) is 9.80 Å². The van der Waals surface area contributed by atoms with E-state index in [1.165, 1.54) is 62.0 Å². The van der Waals surface area contributed by atoms with Crippen molar-refractivity contribution in [3.05, 3.63) is 0 Å². The lowest BCUT2D eigenvalue weighted by molar-refractivity contribution is -0.197. The number of rotatable bonds is 17. The Balaban J connectivity index is 1.45. The van der Waals surface area contributed by atoms with E-state index in [1.807, 2.05) is 0 Å². The quantitative estimate of drug-likeness (QED) is 0.104. The van der Waals surface area contributed by atoms with Crippen LogP contribution < -0.4 is 0 Å². The van der Waals surface area contributed by atoms with Crippen molar-refractivity contribution in [1.29, 1.82) is 0 Å². The van der Waals surface area contributed by atoms with Gasteiger partial charge in [-0.25, -0.2) is 0 Å². The Hall–Kier alpha value is -0.580. The third kappa shape index (κ3) is 12.0. The number of carbonyl (C=O) groups excluding carboxylic acids is 2. The number of carbonyl (C=O) groups is 2. The van der Waals surface area contributed by atoms with Gasteiger partial charge in [0.15, 0.2) is 0 Å². The van der Waals surface area contributed by atoms with Crippen LogP contribution in [0, 0.1) is 70.0 Å². The van der Waals surface area contributed by atoms with E-state index in [2.05, 4.69) is 92.9 Å². The number of esters is 2. The first kappa shape index (κ1) is 48.1. The van der Waals surface area contributed by atoms with Crippen molar-refractivity contribution in [2.75, 3.05) is 37.7 Å². The first-order valence-electron chi connectivity index (χ1n) is 22.5. The van der Waals surface area contributed by atoms with Crippen LogP contribution in [0.25, 0.3) is 0 Å². The summed E-state index contributed by atoms with van der Waals surface area (Å²) in [6.07, 6.45) is 11.1. The highest BCUT2D eigenvalue weighted by Gasteiger charge is 2.65. The largest absolute Gasteiger partial charge is 0.462 e. The van der Waals surface area contributed by atoms with Gasteiger partial charge in [0.1, 0.15) is 20.8 Å². The molecule has 56 heavy (non-hydrogen) atoms. The van der Waals surface area contributed by atoms with Gasteiger partial charge < -0.3 is 19.3 Å². The summed E-state index contributed by atoms with van der Waals surface area (Å²) in [5, 5.41) is 0. The Morgan fingerprint density at radius 2 is 1.21 bits per heavy atom. The van der Waals surface area contributed by atoms with Crippen LogP contribution in [0.3, 0.4) is 0 Å². The minimum absolute atomic E-state index is 0.00794. The van der Waals surface area contributed by atoms with Gasteiger partial charge in [-0.2, -0.15) is 0 Å². The zero-order valence-electron chi connectivity index (χ0n) is 37.4. The predicted molar refractivity (Wildman–Crippen MR) is 247 cm³/mol. The van der Waals surface area contributed by atoms with Crippen molar-refractivity contribution in [3.8, 4) is 0 Å². The smallest absolute Gasteiger partial charge is 0.316 e. The fourth-order valence-electron chi connectivity index (χ4n) is 12.1. The van der Waals surface area contributed by atoms with E-state index < -0.39 is 0 Å². The topological polar surface area (TPSA) is 59.1 Å². The molecule has 0 saturated heterocycles. The molecule has 6 nitrogen and oxygen atoms in total. The number of nitrogens with zero attached hydrogens (tertiary/aromatic N) is 2. The maximum absolute atomic E-state index is 13.9. The van der Waals surface area contributed by atoms with Gasteiger partial charge >= 0.3 is 11.9 Å². The second-order valence-electron chi connectivity index (χ2n) is 20.6. The minimum atomic E-state index is -0.138. The standard InChI is InChI=1S/C46H80N2O4S4/c1-13-14-33(10)37-17-18-38-36-16-15-34-21-35(51-41(49)27-55-43(53)47(23-29(2)3)24-30(4)5)19-20-45(34,11)39(36)22-40(46(37,38)12)52-42(50)28-56-44(54)48(25-31(6)7)26-32(8)9/h29-40H,13-28H2,1-12H3/t33-,34-,35-,36+,37-,38+,39+,40+,45+,46-/m1/s1. The number of ether oxygens (including phenoxy) is 2. The molecular weight excluding hydrogens is 773 g/mol. The van der Waals surface area contributed by atoms with Crippen molar-refractivity contribution in [2.24, 2.45) is 70.0 Å². The Morgan fingerprint density at radius 1 is 0.696 bits per heavy atom. The average molecular weight is 853 g/mol. The molecule has 10 heteroatoms. The molecule has 0 spiro atoms. The number of thiocarbonyl (C=S) groups is 2. The fraction of sp³-hybridized carbons (Fsp3) is 0.913. The molecule has 0 amide bonds. The lowest BCUT2D eigenvalue weighted by Crippen LogP contribution is -2.59. The van der Waals surface area contributed by atoms with Crippen LogP contribution in [0.15, 0.2) is 0 Å². The van der Waals surface area contributed by atoms with E-state index in [1.54, 1.807) is 0 Å². The van der Waals surface area contributed by atoms with Gasteiger partial charge in [-0.1, -0.05) is 144 Å². The Labute approximate surface area is 362 Å². The van der Waals surface area contributed by atoms with Crippen LogP contribution in [-0.4, -0.2) is 80.3 Å². The summed E-state index contributed by atoms with van der Waals surface area (Å²) in [5.41, 5.74) is 0.145. The molecule has 0 bridgehead atoms. The molecule has 0 unspecified atom stereocenters. The maximum atomic E-state index is 13.9. The van der Waals surface area contributed by atoms with Crippen LogP contribution >= 0.6 is 48.0 Å². The molecule has 0 aromatic carbocycles. The van der Waals surface area contributed by atoms with Crippen molar-refractivity contribution in [2.45, 2.75) is 160 Å². The number of thioether (sulfide) groups is 2. The third-order valence-electron chi connectivity index (χ3n) is 14.3. The number of hydrogen-bond acceptors (Lipinski definition) is 8. The molecule has 4 saturated carbocycles. The minimum Gasteiger partial charge on any atom is -0.462 e. The van der Waals surface area contributed by atoms with E-state index in [4.69, 9.17) is 33.9 Å². The monoisotopic (exact) mass is 853 g/mol. The van der Waals surface area contributed by atoms with Gasteiger partial charge in [-0.05, 0) is 116 Å². The summed E-state index contributed by atoms with van der Waals surface area (Å²) in [6, 6.07) is 0. The van der Waals surface area contributed by atoms with Crippen LogP contribution in [0.2, 0.25) is 0 Å². The highest BCUT2D eigenvalue weighted by atomic mass is 32.2. The normalized spacial score (nSPS) is 31.8. The highest BCUT2D eigenvalue weighted by molar-refractivity contribution is 8.23. The molecule has 4 fully saturated rings. The summed E-state index contributed by atoms with van der Waals surface area (Å²) >= 11 is 14.7. The average Bonchev–Trinajstić information content (AvgIpc) is 3.47. The van der Waals surface area contributed by atoms with E-state index in [-0.39, 0.29) is 46.5 Å². The molecule has 4 rings (SSSR count). The van der Waals surface area contributed by atoms with E-state index >= 15 is 0 Å². The summed E-state index contributed by atoms with van der Waals surface area (Å²) in [4.78, 5) is 31.7. The van der Waals surface area contributed by atoms with Crippen molar-refractivity contribution < 1.29 is 19.1 Å². The maximum Gasteiger partial charge on any atom is 0.316 e. The van der Waals surface area contributed by atoms with Crippen LogP contribution in [0.4, 0.5) is 0 Å². The molecule has 0 heterocycles. The zero-order chi connectivity index (χ0) is 41.5. The van der Waals surface area contributed by atoms with Crippen molar-refractivity contribution in [3.63, 3.8) is 0 Å². The fourth-order valence-corrected chi connectivity index (χ4v) is 14.0. The Morgan fingerprint density at radius 3 is 1.71 bits per heavy atom. The van der Waals surface area contributed by atoms with Gasteiger partial charge in [0.05, 0.1) is 11.5 Å². The lowest BCUT2D eigenvalue weighted by Gasteiger charge is -2.62. The second-order valence-corrected chi connectivity index (χ2v) is 23.8. The van der Waals surface area contributed by atoms with Crippen molar-refractivity contribution >= 4 is 68.5 Å². The molecule has 0 aromatic rings. The highest BCUT2D eigenvalue weighted by Crippen LogP contribution is 2.69. The van der Waals surface area contributed by atoms with Crippen LogP contribution in [-0.2, 0) is 19.1 Å². The lowest BCUT2D eigenvalue weighted by atomic mass is 9.43. The Bertz CT molecular complexity index is 1310. The summed E-state index contributed by atoms with van der Waals surface area (Å²) < 4.78 is 14.6. The molecule has 4 aliphatic carbocycles. The van der Waals surface area contributed by atoms with E-state index in [0.29, 0.717) is 59.2 Å². The van der Waals surface area contributed by atoms with Gasteiger partial charge in [0.25, 0.3) is 0 Å². The van der Waals surface area contributed by atoms with Gasteiger partial charge in [0.2, 0.25) is 0 Å². The van der Waals surface area contributed by atoms with Crippen LogP contribution in [0.1, 0.15) is 147 Å². The summed E-state index contributed by atoms with van der Waals surface area (Å²) in [6.45, 7) is 31.2. The molecule has 0 aliphatic heterocycles. The van der Waals surface area contributed by atoms with Gasteiger partial charge in [-0.15, -0.1) is 0 Å². The molecule has 10 atom stereocenters. The molecule has 4 aliphatic rings. The first-order valence-corrected chi connectivity index (χ1v) is 25.3. The molecule has 322 valence electrons. The predicted octanol–water partition coefficient (Wildman–Crippen LogP) is 11.8. The van der Waals surface area contributed by atoms with E-state index in [0.717, 1.165) is 60.5 Å². The summed E-state index contributed by atoms with van der Waals surface area (Å²) in [7, 11) is 0. The van der Waals surface area contributed by atoms with E-state index in [9.17, 15) is 9.59 Å². The second kappa shape index (κ2) is 21.3. The third-order valence-corrected chi connectivity index (χ3v) is 17.2. The van der Waals surface area contributed by atoms with Gasteiger partial charge in [-0.3, -0.25) is 9.59 Å². The SMILES string of the molecule is CCC[C@@H](C)[C@H]1CC[C@H]2[C@@H]3CC[C@@H]4C[C@H](OC(=O)CSC(=S)N(CC(C)C)CC(C)C)CC[C@]4(C)[C@H]3C[C@H](OC(=O)CSC(=S)N(CC(C)C)CC(C)C)[C@]12C. The van der Waals surface area contributed by atoms with Gasteiger partial charge in [0, 0.05) is 31.6 Å². The number of fused-ring (bicyclic) bond motifs is 5. The first-order chi connectivity index (χ1) is 26.3. The molecule has 0 N–H and O–H groups in total. The molecular formula is C46H80N2O4S4. The zero-order valence-corrected chi connectivity index (χ0v) is 40.7. The summed E-state index contributed by atoms with van der Waals surface area (Å²) in [5.74, 6) is 5.77. The Kier molecular flexibility index (Phi) is 18.3. The number of hydrogen-bond donors (Lipinski definition) is 0. The molecule has 0 radical (unpaired) electrons. The molecule has 0 aromatic heterocycles. The van der Waals surface area contributed by atoms with Crippen LogP contribution in [0.5, 0.6) is 0 Å².